The maximum atomic E-state index is 5.39. The summed E-state index contributed by atoms with van der Waals surface area (Å²) in [5, 5.41) is 0. The molecule has 0 fully saturated rings. The van der Waals surface area contributed by atoms with Gasteiger partial charge in [-0.2, -0.15) is 0 Å². The molecule has 0 aliphatic rings. The summed E-state index contributed by atoms with van der Waals surface area (Å²) in [6.07, 6.45) is 0. The molecule has 0 atom stereocenters. The van der Waals surface area contributed by atoms with E-state index in [2.05, 4.69) is 41.1 Å². The zero-order chi connectivity index (χ0) is 11.5. The van der Waals surface area contributed by atoms with Crippen LogP contribution in [0.4, 0.5) is 0 Å². The second kappa shape index (κ2) is 4.71. The minimum Gasteiger partial charge on any atom is -0.496 e. The van der Waals surface area contributed by atoms with Gasteiger partial charge in [-0.05, 0) is 36.2 Å². The van der Waals surface area contributed by atoms with Gasteiger partial charge in [-0.3, -0.25) is 0 Å². The Morgan fingerprint density at radius 1 is 1.00 bits per heavy atom. The summed E-state index contributed by atoms with van der Waals surface area (Å²) in [7, 11) is 1.70. The Balaban J connectivity index is 2.63. The van der Waals surface area contributed by atoms with Crippen molar-refractivity contribution in [2.75, 3.05) is 7.11 Å². The highest BCUT2D eigenvalue weighted by atomic mass is 79.9. The van der Waals surface area contributed by atoms with E-state index in [4.69, 9.17) is 4.74 Å². The number of hydrogen-bond donors (Lipinski definition) is 0. The summed E-state index contributed by atoms with van der Waals surface area (Å²) in [4.78, 5) is 0. The minimum atomic E-state index is 0.900. The van der Waals surface area contributed by atoms with Gasteiger partial charge in [0, 0.05) is 10.0 Å². The van der Waals surface area contributed by atoms with E-state index in [0.717, 1.165) is 15.8 Å². The van der Waals surface area contributed by atoms with Crippen molar-refractivity contribution in [3.8, 4) is 16.9 Å². The van der Waals surface area contributed by atoms with Gasteiger partial charge in [0.25, 0.3) is 0 Å². The average Bonchev–Trinajstić information content (AvgIpc) is 2.29. The average molecular weight is 277 g/mol. The predicted molar refractivity (Wildman–Crippen MR) is 70.9 cm³/mol. The number of methoxy groups -OCH3 is 1. The van der Waals surface area contributed by atoms with Crippen molar-refractivity contribution in [3.63, 3.8) is 0 Å². The fourth-order valence-corrected chi connectivity index (χ4v) is 2.13. The van der Waals surface area contributed by atoms with Crippen molar-refractivity contribution in [1.82, 2.24) is 0 Å². The molecule has 0 aliphatic carbocycles. The fourth-order valence-electron chi connectivity index (χ4n) is 1.77. The van der Waals surface area contributed by atoms with E-state index < -0.39 is 0 Å². The van der Waals surface area contributed by atoms with E-state index in [0.29, 0.717) is 0 Å². The summed E-state index contributed by atoms with van der Waals surface area (Å²) < 4.78 is 6.45. The molecule has 0 aromatic heterocycles. The Bertz CT molecular complexity index is 506. The van der Waals surface area contributed by atoms with Crippen LogP contribution in [0.25, 0.3) is 11.1 Å². The van der Waals surface area contributed by atoms with Crippen LogP contribution >= 0.6 is 15.9 Å². The first-order chi connectivity index (χ1) is 7.72. The molecule has 0 saturated heterocycles. The normalized spacial score (nSPS) is 10.2. The second-order valence-electron chi connectivity index (χ2n) is 3.66. The highest BCUT2D eigenvalue weighted by Gasteiger charge is 2.07. The van der Waals surface area contributed by atoms with E-state index in [1.54, 1.807) is 7.11 Å². The Labute approximate surface area is 104 Å². The molecule has 0 unspecified atom stereocenters. The van der Waals surface area contributed by atoms with Crippen molar-refractivity contribution in [1.29, 1.82) is 0 Å². The predicted octanol–water partition coefficient (Wildman–Crippen LogP) is 4.43. The molecule has 2 rings (SSSR count). The number of halogens is 1. The maximum Gasteiger partial charge on any atom is 0.126 e. The Kier molecular flexibility index (Phi) is 3.30. The van der Waals surface area contributed by atoms with Crippen LogP contribution in [0.1, 0.15) is 5.56 Å². The third kappa shape index (κ3) is 2.12. The van der Waals surface area contributed by atoms with Crippen LogP contribution in [-0.2, 0) is 0 Å². The molecule has 82 valence electrons. The maximum absolute atomic E-state index is 5.39. The van der Waals surface area contributed by atoms with Gasteiger partial charge in [0.2, 0.25) is 0 Å². The summed E-state index contributed by atoms with van der Waals surface area (Å²) in [6, 6.07) is 14.4. The third-order valence-corrected chi connectivity index (χ3v) is 3.09. The lowest BCUT2D eigenvalue weighted by atomic mass is 10.00. The van der Waals surface area contributed by atoms with Crippen LogP contribution in [-0.4, -0.2) is 7.11 Å². The van der Waals surface area contributed by atoms with Crippen molar-refractivity contribution in [3.05, 3.63) is 52.5 Å². The van der Waals surface area contributed by atoms with Gasteiger partial charge in [0.1, 0.15) is 5.75 Å². The lowest BCUT2D eigenvalue weighted by molar-refractivity contribution is 0.416. The Morgan fingerprint density at radius 2 is 1.75 bits per heavy atom. The molecule has 0 amide bonds. The largest absolute Gasteiger partial charge is 0.496 e. The molecule has 2 heteroatoms. The monoisotopic (exact) mass is 276 g/mol. The lowest BCUT2D eigenvalue weighted by Crippen LogP contribution is -1.89. The summed E-state index contributed by atoms with van der Waals surface area (Å²) in [5.74, 6) is 0.900. The molecular weight excluding hydrogens is 264 g/mol. The summed E-state index contributed by atoms with van der Waals surface area (Å²) in [6.45, 7) is 2.11. The van der Waals surface area contributed by atoms with Gasteiger partial charge in [0.05, 0.1) is 7.11 Å². The molecule has 16 heavy (non-hydrogen) atoms. The van der Waals surface area contributed by atoms with E-state index >= 15 is 0 Å². The molecule has 0 bridgehead atoms. The van der Waals surface area contributed by atoms with E-state index in [1.807, 2.05) is 24.3 Å². The third-order valence-electron chi connectivity index (χ3n) is 2.60. The van der Waals surface area contributed by atoms with Crippen LogP contribution in [0, 0.1) is 6.92 Å². The summed E-state index contributed by atoms with van der Waals surface area (Å²) in [5.41, 5.74) is 3.58. The van der Waals surface area contributed by atoms with Gasteiger partial charge < -0.3 is 4.74 Å². The van der Waals surface area contributed by atoms with Crippen LogP contribution < -0.4 is 4.74 Å². The molecule has 0 spiro atoms. The van der Waals surface area contributed by atoms with Gasteiger partial charge in [-0.15, -0.1) is 0 Å². The first-order valence-electron chi connectivity index (χ1n) is 5.12. The van der Waals surface area contributed by atoms with Crippen LogP contribution in [0.5, 0.6) is 5.75 Å². The van der Waals surface area contributed by atoms with Gasteiger partial charge >= 0.3 is 0 Å². The molecule has 2 aromatic carbocycles. The zero-order valence-electron chi connectivity index (χ0n) is 9.33. The highest BCUT2D eigenvalue weighted by Crippen LogP contribution is 2.34. The molecule has 0 aliphatic heterocycles. The van der Waals surface area contributed by atoms with E-state index in [-0.39, 0.29) is 0 Å². The van der Waals surface area contributed by atoms with Gasteiger partial charge in [-0.25, -0.2) is 0 Å². The molecule has 0 radical (unpaired) electrons. The van der Waals surface area contributed by atoms with Crippen molar-refractivity contribution >= 4 is 15.9 Å². The highest BCUT2D eigenvalue weighted by molar-refractivity contribution is 9.10. The number of rotatable bonds is 2. The fraction of sp³-hybridized carbons (Fsp3) is 0.143. The molecule has 0 heterocycles. The van der Waals surface area contributed by atoms with Gasteiger partial charge in [0.15, 0.2) is 0 Å². The molecule has 0 N–H and O–H groups in total. The quantitative estimate of drug-likeness (QED) is 0.788. The zero-order valence-corrected chi connectivity index (χ0v) is 10.9. The van der Waals surface area contributed by atoms with Crippen LogP contribution in [0.2, 0.25) is 0 Å². The smallest absolute Gasteiger partial charge is 0.126 e. The topological polar surface area (TPSA) is 9.23 Å². The van der Waals surface area contributed by atoms with E-state index in [9.17, 15) is 0 Å². The number of hydrogen-bond acceptors (Lipinski definition) is 1. The lowest BCUT2D eigenvalue weighted by Gasteiger charge is -2.11. The SMILES string of the molecule is COc1ccc(Br)cc1-c1ccccc1C. The first kappa shape index (κ1) is 11.2. The summed E-state index contributed by atoms with van der Waals surface area (Å²) >= 11 is 3.49. The number of ether oxygens (including phenoxy) is 1. The molecule has 0 saturated carbocycles. The van der Waals surface area contributed by atoms with Crippen molar-refractivity contribution in [2.24, 2.45) is 0 Å². The second-order valence-corrected chi connectivity index (χ2v) is 4.58. The van der Waals surface area contributed by atoms with Crippen LogP contribution in [0.3, 0.4) is 0 Å². The minimum absolute atomic E-state index is 0.900. The number of benzene rings is 2. The van der Waals surface area contributed by atoms with Crippen molar-refractivity contribution in [2.45, 2.75) is 6.92 Å². The van der Waals surface area contributed by atoms with E-state index in [1.165, 1.54) is 11.1 Å². The molecule has 2 aromatic rings. The van der Waals surface area contributed by atoms with Crippen molar-refractivity contribution < 1.29 is 4.74 Å². The number of aryl methyl sites for hydroxylation is 1. The molecular formula is C14H13BrO. The first-order valence-corrected chi connectivity index (χ1v) is 5.91. The van der Waals surface area contributed by atoms with Gasteiger partial charge in [-0.1, -0.05) is 40.2 Å². The molecule has 1 nitrogen and oxygen atoms in total. The standard InChI is InChI=1S/C14H13BrO/c1-10-5-3-4-6-12(10)13-9-11(15)7-8-14(13)16-2/h3-9H,1-2H3. The Hall–Kier alpha value is -1.28. The Morgan fingerprint density at radius 3 is 2.44 bits per heavy atom. The van der Waals surface area contributed by atoms with Crippen LogP contribution in [0.15, 0.2) is 46.9 Å².